The first-order chi connectivity index (χ1) is 7.42. The van der Waals surface area contributed by atoms with Crippen LogP contribution in [0.15, 0.2) is 30.6 Å². The summed E-state index contributed by atoms with van der Waals surface area (Å²) in [5.41, 5.74) is 2.76. The Labute approximate surface area is 91.4 Å². The molecule has 1 aromatic rings. The molecule has 1 unspecified atom stereocenters. The number of nitrogens with one attached hydrogen (secondary N) is 1. The van der Waals surface area contributed by atoms with E-state index in [1.807, 2.05) is 25.5 Å². The number of nitrogens with zero attached hydrogens (tertiary/aromatic N) is 1. The van der Waals surface area contributed by atoms with Crippen LogP contribution in [0.2, 0.25) is 0 Å². The summed E-state index contributed by atoms with van der Waals surface area (Å²) in [6.45, 7) is 1.07. The molecule has 0 spiro atoms. The molecule has 1 atom stereocenters. The predicted octanol–water partition coefficient (Wildman–Crippen LogP) is 2.48. The Morgan fingerprint density at radius 3 is 3.20 bits per heavy atom. The van der Waals surface area contributed by atoms with Crippen LogP contribution >= 0.6 is 0 Å². The Morgan fingerprint density at radius 1 is 1.53 bits per heavy atom. The summed E-state index contributed by atoms with van der Waals surface area (Å²) in [5.74, 6) is 0.660. The van der Waals surface area contributed by atoms with Crippen LogP contribution in [0.25, 0.3) is 5.57 Å². The molecule has 0 aromatic carbocycles. The first kappa shape index (κ1) is 10.4. The Morgan fingerprint density at radius 2 is 2.47 bits per heavy atom. The molecule has 1 aliphatic rings. The highest BCUT2D eigenvalue weighted by atomic mass is 14.8. The van der Waals surface area contributed by atoms with E-state index in [1.165, 1.54) is 30.4 Å². The third kappa shape index (κ3) is 2.45. The average molecular weight is 202 g/mol. The van der Waals surface area contributed by atoms with Gasteiger partial charge in [0.05, 0.1) is 0 Å². The van der Waals surface area contributed by atoms with Crippen LogP contribution in [0, 0.1) is 5.92 Å². The monoisotopic (exact) mass is 202 g/mol. The molecule has 1 N–H and O–H groups in total. The molecule has 0 saturated heterocycles. The molecular formula is C13H18N2. The average Bonchev–Trinajstić information content (AvgIpc) is 2.31. The zero-order valence-electron chi connectivity index (χ0n) is 9.24. The van der Waals surface area contributed by atoms with E-state index in [0.717, 1.165) is 6.54 Å². The maximum atomic E-state index is 4.19. The molecule has 0 saturated carbocycles. The summed E-state index contributed by atoms with van der Waals surface area (Å²) in [6.07, 6.45) is 10.0. The minimum Gasteiger partial charge on any atom is -0.319 e. The lowest BCUT2D eigenvalue weighted by molar-refractivity contribution is 0.530. The van der Waals surface area contributed by atoms with Crippen molar-refractivity contribution in [1.82, 2.24) is 10.3 Å². The van der Waals surface area contributed by atoms with Gasteiger partial charge < -0.3 is 5.32 Å². The Hall–Kier alpha value is -1.15. The van der Waals surface area contributed by atoms with Crippen LogP contribution < -0.4 is 5.32 Å². The van der Waals surface area contributed by atoms with Gasteiger partial charge in [-0.25, -0.2) is 0 Å². The Bertz CT molecular complexity index is 330. The zero-order chi connectivity index (χ0) is 10.5. The van der Waals surface area contributed by atoms with Crippen LogP contribution in [0.3, 0.4) is 0 Å². The number of hydrogen-bond acceptors (Lipinski definition) is 2. The smallest absolute Gasteiger partial charge is 0.0343 e. The largest absolute Gasteiger partial charge is 0.319 e. The highest BCUT2D eigenvalue weighted by Crippen LogP contribution is 2.31. The molecule has 0 aliphatic heterocycles. The van der Waals surface area contributed by atoms with E-state index in [2.05, 4.69) is 22.4 Å². The van der Waals surface area contributed by atoms with Gasteiger partial charge in [0.25, 0.3) is 0 Å². The van der Waals surface area contributed by atoms with Crippen molar-refractivity contribution in [2.75, 3.05) is 13.6 Å². The van der Waals surface area contributed by atoms with Gasteiger partial charge in [-0.2, -0.15) is 0 Å². The molecule has 2 rings (SSSR count). The van der Waals surface area contributed by atoms with E-state index < -0.39 is 0 Å². The predicted molar refractivity (Wildman–Crippen MR) is 63.5 cm³/mol. The number of rotatable bonds is 3. The fourth-order valence-corrected chi connectivity index (χ4v) is 2.29. The van der Waals surface area contributed by atoms with Crippen LogP contribution in [0.5, 0.6) is 0 Å². The van der Waals surface area contributed by atoms with Crippen molar-refractivity contribution >= 4 is 5.57 Å². The van der Waals surface area contributed by atoms with Crippen molar-refractivity contribution in [1.29, 1.82) is 0 Å². The van der Waals surface area contributed by atoms with E-state index in [-0.39, 0.29) is 0 Å². The van der Waals surface area contributed by atoms with Gasteiger partial charge in [-0.3, -0.25) is 4.98 Å². The van der Waals surface area contributed by atoms with E-state index in [9.17, 15) is 0 Å². The maximum Gasteiger partial charge on any atom is 0.0343 e. The van der Waals surface area contributed by atoms with Crippen molar-refractivity contribution in [2.45, 2.75) is 19.3 Å². The van der Waals surface area contributed by atoms with Gasteiger partial charge >= 0.3 is 0 Å². The lowest BCUT2D eigenvalue weighted by Gasteiger charge is -2.24. The summed E-state index contributed by atoms with van der Waals surface area (Å²) in [7, 11) is 2.02. The molecule has 0 bridgehead atoms. The summed E-state index contributed by atoms with van der Waals surface area (Å²) < 4.78 is 0. The molecule has 1 aliphatic carbocycles. The first-order valence-electron chi connectivity index (χ1n) is 5.67. The van der Waals surface area contributed by atoms with Gasteiger partial charge in [0.15, 0.2) is 0 Å². The van der Waals surface area contributed by atoms with E-state index in [4.69, 9.17) is 0 Å². The number of aromatic nitrogens is 1. The van der Waals surface area contributed by atoms with Crippen molar-refractivity contribution in [3.63, 3.8) is 0 Å². The Balaban J connectivity index is 2.21. The fourth-order valence-electron chi connectivity index (χ4n) is 2.29. The molecular weight excluding hydrogens is 184 g/mol. The van der Waals surface area contributed by atoms with Gasteiger partial charge in [-0.05, 0) is 49.4 Å². The van der Waals surface area contributed by atoms with Crippen LogP contribution in [-0.2, 0) is 0 Å². The zero-order valence-corrected chi connectivity index (χ0v) is 9.24. The van der Waals surface area contributed by atoms with E-state index in [0.29, 0.717) is 5.92 Å². The van der Waals surface area contributed by atoms with Gasteiger partial charge in [0.2, 0.25) is 0 Å². The highest BCUT2D eigenvalue weighted by Gasteiger charge is 2.18. The normalized spacial score (nSPS) is 21.1. The highest BCUT2D eigenvalue weighted by molar-refractivity contribution is 5.67. The third-order valence-corrected chi connectivity index (χ3v) is 3.01. The van der Waals surface area contributed by atoms with Crippen LogP contribution in [-0.4, -0.2) is 18.6 Å². The summed E-state index contributed by atoms with van der Waals surface area (Å²) >= 11 is 0. The van der Waals surface area contributed by atoms with Crippen molar-refractivity contribution in [3.05, 3.63) is 36.2 Å². The molecule has 2 heteroatoms. The van der Waals surface area contributed by atoms with Crippen LogP contribution in [0.4, 0.5) is 0 Å². The minimum absolute atomic E-state index is 0.660. The SMILES string of the molecule is CNCC1CCCC=C1c1cccnc1. The van der Waals surface area contributed by atoms with Gasteiger partial charge in [-0.15, -0.1) is 0 Å². The summed E-state index contributed by atoms with van der Waals surface area (Å²) in [4.78, 5) is 4.19. The van der Waals surface area contributed by atoms with Crippen LogP contribution in [0.1, 0.15) is 24.8 Å². The second kappa shape index (κ2) is 5.08. The Kier molecular flexibility index (Phi) is 3.51. The quantitative estimate of drug-likeness (QED) is 0.814. The lowest BCUT2D eigenvalue weighted by Crippen LogP contribution is -2.21. The second-order valence-electron chi connectivity index (χ2n) is 4.09. The molecule has 15 heavy (non-hydrogen) atoms. The van der Waals surface area contributed by atoms with Gasteiger partial charge in [-0.1, -0.05) is 12.1 Å². The molecule has 1 heterocycles. The second-order valence-corrected chi connectivity index (χ2v) is 4.09. The lowest BCUT2D eigenvalue weighted by atomic mass is 9.84. The molecule has 1 aromatic heterocycles. The molecule has 0 radical (unpaired) electrons. The number of pyridine rings is 1. The van der Waals surface area contributed by atoms with Gasteiger partial charge in [0.1, 0.15) is 0 Å². The first-order valence-corrected chi connectivity index (χ1v) is 5.67. The molecule has 2 nitrogen and oxygen atoms in total. The molecule has 80 valence electrons. The summed E-state index contributed by atoms with van der Waals surface area (Å²) in [6, 6.07) is 4.17. The number of allylic oxidation sites excluding steroid dienone is 1. The van der Waals surface area contributed by atoms with Crippen molar-refractivity contribution < 1.29 is 0 Å². The number of hydrogen-bond donors (Lipinski definition) is 1. The fraction of sp³-hybridized carbons (Fsp3) is 0.462. The molecule has 0 amide bonds. The standard InChI is InChI=1S/C13H18N2/c1-14-9-11-5-2-3-7-13(11)12-6-4-8-15-10-12/h4,6-8,10-11,14H,2-3,5,9H2,1H3. The molecule has 0 fully saturated rings. The maximum absolute atomic E-state index is 4.19. The third-order valence-electron chi connectivity index (χ3n) is 3.01. The van der Waals surface area contributed by atoms with Crippen molar-refractivity contribution in [3.8, 4) is 0 Å². The van der Waals surface area contributed by atoms with E-state index >= 15 is 0 Å². The summed E-state index contributed by atoms with van der Waals surface area (Å²) in [5, 5.41) is 3.28. The topological polar surface area (TPSA) is 24.9 Å². The minimum atomic E-state index is 0.660. The van der Waals surface area contributed by atoms with Crippen molar-refractivity contribution in [2.24, 2.45) is 5.92 Å². The van der Waals surface area contributed by atoms with Gasteiger partial charge in [0, 0.05) is 18.9 Å². The van der Waals surface area contributed by atoms with E-state index in [1.54, 1.807) is 0 Å².